The summed E-state index contributed by atoms with van der Waals surface area (Å²) in [6.07, 6.45) is -1.46. The molecule has 1 fully saturated rings. The number of hydrogen-bond donors (Lipinski definition) is 1. The Bertz CT molecular complexity index is 1130. The molecule has 1 amide bonds. The number of aryl methyl sites for hydroxylation is 2. The van der Waals surface area contributed by atoms with Crippen LogP contribution in [0.15, 0.2) is 40.8 Å². The van der Waals surface area contributed by atoms with Gasteiger partial charge in [-0.1, -0.05) is 18.2 Å². The highest BCUT2D eigenvalue weighted by Gasteiger charge is 2.34. The maximum absolute atomic E-state index is 13.4. The van der Waals surface area contributed by atoms with Crippen LogP contribution in [0.4, 0.5) is 18.9 Å². The van der Waals surface area contributed by atoms with Crippen LogP contribution in [0.5, 0.6) is 0 Å². The number of nitrogens with one attached hydrogen (secondary N) is 1. The molecule has 0 atom stereocenters. The van der Waals surface area contributed by atoms with Crippen LogP contribution in [0, 0.1) is 13.8 Å². The molecule has 1 aliphatic carbocycles. The second-order valence-corrected chi connectivity index (χ2v) is 8.46. The van der Waals surface area contributed by atoms with Gasteiger partial charge in [0, 0.05) is 30.2 Å². The van der Waals surface area contributed by atoms with Gasteiger partial charge in [-0.3, -0.25) is 4.79 Å². The number of halogens is 3. The summed E-state index contributed by atoms with van der Waals surface area (Å²) in [5, 5.41) is 3.77. The summed E-state index contributed by atoms with van der Waals surface area (Å²) in [6.45, 7) is 3.57. The van der Waals surface area contributed by atoms with Crippen LogP contribution in [0.3, 0.4) is 0 Å². The number of benzene rings is 1. The largest absolute Gasteiger partial charge is 0.466 e. The van der Waals surface area contributed by atoms with Crippen molar-refractivity contribution in [3.63, 3.8) is 0 Å². The highest BCUT2D eigenvalue weighted by atomic mass is 19.4. The van der Waals surface area contributed by atoms with Crippen molar-refractivity contribution in [3.05, 3.63) is 59.2 Å². The number of pyridine rings is 1. The first-order chi connectivity index (χ1) is 15.1. The number of fused-ring (bicyclic) bond motifs is 1. The molecule has 0 unspecified atom stereocenters. The van der Waals surface area contributed by atoms with Crippen molar-refractivity contribution in [3.8, 4) is 0 Å². The highest BCUT2D eigenvalue weighted by molar-refractivity contribution is 5.95. The lowest BCUT2D eigenvalue weighted by atomic mass is 9.89. The van der Waals surface area contributed by atoms with Gasteiger partial charge >= 0.3 is 6.18 Å². The van der Waals surface area contributed by atoms with Gasteiger partial charge in [0.1, 0.15) is 17.2 Å². The van der Waals surface area contributed by atoms with E-state index in [0.29, 0.717) is 33.7 Å². The number of amides is 1. The molecule has 2 aromatic heterocycles. The number of alkyl halides is 3. The number of hydrogen-bond acceptors (Lipinski definition) is 4. The van der Waals surface area contributed by atoms with Gasteiger partial charge < -0.3 is 14.6 Å². The normalized spacial score (nSPS) is 19.2. The summed E-state index contributed by atoms with van der Waals surface area (Å²) in [4.78, 5) is 18.3. The van der Waals surface area contributed by atoms with Gasteiger partial charge in [0.25, 0.3) is 5.91 Å². The molecular weight excluding hydrogens is 419 g/mol. The topological polar surface area (TPSA) is 58.4 Å². The monoisotopic (exact) mass is 445 g/mol. The van der Waals surface area contributed by atoms with E-state index >= 15 is 0 Å². The Labute approximate surface area is 184 Å². The van der Waals surface area contributed by atoms with Gasteiger partial charge in [-0.2, -0.15) is 13.2 Å². The Morgan fingerprint density at radius 1 is 1.12 bits per heavy atom. The second kappa shape index (κ2) is 8.48. The zero-order chi connectivity index (χ0) is 23.0. The average Bonchev–Trinajstić information content (AvgIpc) is 3.10. The molecule has 4 rings (SSSR count). The maximum Gasteiger partial charge on any atom is 0.433 e. The molecule has 0 radical (unpaired) electrons. The molecule has 170 valence electrons. The smallest absolute Gasteiger partial charge is 0.433 e. The number of aromatic nitrogens is 1. The van der Waals surface area contributed by atoms with Crippen molar-refractivity contribution in [1.82, 2.24) is 10.3 Å². The van der Waals surface area contributed by atoms with Crippen LogP contribution >= 0.6 is 0 Å². The third-order valence-electron chi connectivity index (χ3n) is 6.23. The van der Waals surface area contributed by atoms with E-state index in [-0.39, 0.29) is 18.0 Å². The summed E-state index contributed by atoms with van der Waals surface area (Å²) in [6, 6.07) is 9.88. The summed E-state index contributed by atoms with van der Waals surface area (Å²) in [7, 11) is 1.84. The highest BCUT2D eigenvalue weighted by Crippen LogP contribution is 2.36. The fourth-order valence-corrected chi connectivity index (χ4v) is 4.52. The molecule has 0 spiro atoms. The first-order valence-electron chi connectivity index (χ1n) is 10.7. The van der Waals surface area contributed by atoms with E-state index in [0.717, 1.165) is 31.7 Å². The number of anilines is 1. The molecule has 5 nitrogen and oxygen atoms in total. The number of carbonyl (C=O) groups is 1. The number of furan rings is 1. The van der Waals surface area contributed by atoms with E-state index in [2.05, 4.69) is 10.3 Å². The zero-order valence-corrected chi connectivity index (χ0v) is 18.3. The summed E-state index contributed by atoms with van der Waals surface area (Å²) in [5.74, 6) is 1.14. The van der Waals surface area contributed by atoms with Gasteiger partial charge in [-0.05, 0) is 57.7 Å². The Morgan fingerprint density at radius 2 is 1.81 bits per heavy atom. The predicted octanol–water partition coefficient (Wildman–Crippen LogP) is 5.64. The Balaban J connectivity index is 1.48. The molecule has 2 heterocycles. The molecule has 1 N–H and O–H groups in total. The summed E-state index contributed by atoms with van der Waals surface area (Å²) in [5.41, 5.74) is 0.519. The Morgan fingerprint density at radius 3 is 2.44 bits per heavy atom. The van der Waals surface area contributed by atoms with E-state index in [1.165, 1.54) is 0 Å². The molecule has 0 aliphatic heterocycles. The van der Waals surface area contributed by atoms with Crippen LogP contribution < -0.4 is 10.2 Å². The van der Waals surface area contributed by atoms with E-state index in [9.17, 15) is 18.0 Å². The number of carbonyl (C=O) groups excluding carboxylic acids is 1. The van der Waals surface area contributed by atoms with E-state index in [1.54, 1.807) is 44.2 Å². The minimum atomic E-state index is -4.51. The number of para-hydroxylation sites is 1. The molecule has 0 bridgehead atoms. The molecule has 3 aromatic rings. The van der Waals surface area contributed by atoms with Crippen molar-refractivity contribution < 1.29 is 22.4 Å². The molecule has 1 aliphatic rings. The van der Waals surface area contributed by atoms with Crippen LogP contribution in [0.2, 0.25) is 0 Å². The second-order valence-electron chi connectivity index (χ2n) is 8.46. The molecule has 0 saturated heterocycles. The van der Waals surface area contributed by atoms with Crippen LogP contribution in [-0.2, 0) is 6.18 Å². The van der Waals surface area contributed by atoms with Gasteiger partial charge in [0.05, 0.1) is 11.1 Å². The lowest BCUT2D eigenvalue weighted by Crippen LogP contribution is -2.43. The van der Waals surface area contributed by atoms with Gasteiger partial charge in [0.15, 0.2) is 0 Å². The lowest BCUT2D eigenvalue weighted by Gasteiger charge is -2.37. The SMILES string of the molecule is Cc1cc(C(=O)NC2CCC(N(C)c3cc(C(F)(F)F)nc4ccccc34)CC2)c(C)o1. The van der Waals surface area contributed by atoms with Crippen molar-refractivity contribution in [2.45, 2.75) is 57.8 Å². The average molecular weight is 445 g/mol. The van der Waals surface area contributed by atoms with Crippen LogP contribution in [0.1, 0.15) is 53.3 Å². The maximum atomic E-state index is 13.4. The first-order valence-corrected chi connectivity index (χ1v) is 10.7. The van der Waals surface area contributed by atoms with E-state index in [4.69, 9.17) is 4.42 Å². The molecule has 1 saturated carbocycles. The zero-order valence-electron chi connectivity index (χ0n) is 18.3. The third-order valence-corrected chi connectivity index (χ3v) is 6.23. The van der Waals surface area contributed by atoms with Gasteiger partial charge in [0.2, 0.25) is 0 Å². The fourth-order valence-electron chi connectivity index (χ4n) is 4.52. The number of nitrogens with zero attached hydrogens (tertiary/aromatic N) is 2. The minimum Gasteiger partial charge on any atom is -0.466 e. The van der Waals surface area contributed by atoms with E-state index < -0.39 is 11.9 Å². The van der Waals surface area contributed by atoms with Crippen LogP contribution in [0.25, 0.3) is 10.9 Å². The minimum absolute atomic E-state index is 0.0293. The summed E-state index contributed by atoms with van der Waals surface area (Å²) >= 11 is 0. The fraction of sp³-hybridized carbons (Fsp3) is 0.417. The predicted molar refractivity (Wildman–Crippen MR) is 117 cm³/mol. The van der Waals surface area contributed by atoms with Gasteiger partial charge in [-0.25, -0.2) is 4.98 Å². The molecular formula is C24H26F3N3O2. The quantitative estimate of drug-likeness (QED) is 0.565. The van der Waals surface area contributed by atoms with Crippen molar-refractivity contribution >= 4 is 22.5 Å². The van der Waals surface area contributed by atoms with Crippen LogP contribution in [-0.4, -0.2) is 30.0 Å². The Hall–Kier alpha value is -3.03. The van der Waals surface area contributed by atoms with Crippen molar-refractivity contribution in [2.75, 3.05) is 11.9 Å². The third kappa shape index (κ3) is 4.45. The Kier molecular flexibility index (Phi) is 5.88. The van der Waals surface area contributed by atoms with Crippen molar-refractivity contribution in [2.24, 2.45) is 0 Å². The standard InChI is InChI=1S/C24H26F3N3O2/c1-14-12-19(15(2)32-14)23(31)28-16-8-10-17(11-9-16)30(3)21-13-22(24(25,26)27)29-20-7-5-4-6-18(20)21/h4-7,12-13,16-17H,8-11H2,1-3H3,(H,28,31). The van der Waals surface area contributed by atoms with Gasteiger partial charge in [-0.15, -0.1) is 0 Å². The molecule has 1 aromatic carbocycles. The summed E-state index contributed by atoms with van der Waals surface area (Å²) < 4.78 is 45.7. The molecule has 32 heavy (non-hydrogen) atoms. The number of rotatable bonds is 4. The van der Waals surface area contributed by atoms with E-state index in [1.807, 2.05) is 11.9 Å². The first kappa shape index (κ1) is 22.2. The molecule has 8 heteroatoms. The lowest BCUT2D eigenvalue weighted by molar-refractivity contribution is -0.140. The van der Waals surface area contributed by atoms with Crippen molar-refractivity contribution in [1.29, 1.82) is 0 Å².